The third kappa shape index (κ3) is 5.96. The molecule has 286 valence electrons. The van der Waals surface area contributed by atoms with Crippen molar-refractivity contribution in [3.8, 4) is 5.88 Å². The number of aliphatic carboxylic acids is 1. The van der Waals surface area contributed by atoms with E-state index in [4.69, 9.17) is 4.74 Å². The summed E-state index contributed by atoms with van der Waals surface area (Å²) in [5.74, 6) is -7.13. The predicted octanol–water partition coefficient (Wildman–Crippen LogP) is 6.99. The molecule has 10 rings (SSSR count). The summed E-state index contributed by atoms with van der Waals surface area (Å²) in [5.41, 5.74) is -1.21. The normalized spacial score (nSPS) is 34.1. The van der Waals surface area contributed by atoms with Crippen LogP contribution in [-0.2, 0) is 16.1 Å². The van der Waals surface area contributed by atoms with E-state index >= 15 is 8.78 Å². The van der Waals surface area contributed by atoms with Crippen LogP contribution in [0.25, 0.3) is 0 Å². The number of ether oxygens (including phenoxy) is 1. The third-order valence-electron chi connectivity index (χ3n) is 14.1. The van der Waals surface area contributed by atoms with Crippen LogP contribution in [0.3, 0.4) is 0 Å². The summed E-state index contributed by atoms with van der Waals surface area (Å²) in [4.78, 5) is 44.1. The van der Waals surface area contributed by atoms with Gasteiger partial charge in [0.05, 0.1) is 30.5 Å². The zero-order valence-electron chi connectivity index (χ0n) is 30.1. The summed E-state index contributed by atoms with van der Waals surface area (Å²) < 4.78 is 64.1. The van der Waals surface area contributed by atoms with Crippen LogP contribution in [0.15, 0.2) is 18.5 Å². The number of carbonyl (C=O) groups excluding carboxylic acids is 1. The molecule has 2 aliphatic heterocycles. The molecular formula is C39H48F4N6O4. The van der Waals surface area contributed by atoms with Gasteiger partial charge in [0.15, 0.2) is 0 Å². The molecule has 4 heterocycles. The number of nitrogens with zero attached hydrogens (tertiary/aromatic N) is 5. The SMILES string of the molecule is CC(F)(F)c1nc(N2CC3(CCCCC3)c3cc(OC4CCC(N5CC(F)(F)C5)CC4)ncc32)ncc1C(=O)NC1(C(=O)O)C2CC3CC(C2)CC1C3. The second-order valence-electron chi connectivity index (χ2n) is 17.5. The lowest BCUT2D eigenvalue weighted by atomic mass is 9.48. The Bertz CT molecular complexity index is 1750. The van der Waals surface area contributed by atoms with E-state index in [9.17, 15) is 23.5 Å². The molecule has 10 nitrogen and oxygen atoms in total. The van der Waals surface area contributed by atoms with Gasteiger partial charge in [0.2, 0.25) is 11.8 Å². The minimum absolute atomic E-state index is 0.0368. The Morgan fingerprint density at radius 1 is 0.925 bits per heavy atom. The maximum absolute atomic E-state index is 15.4. The fourth-order valence-corrected chi connectivity index (χ4v) is 11.7. The largest absolute Gasteiger partial charge is 0.479 e. The fourth-order valence-electron chi connectivity index (χ4n) is 11.7. The summed E-state index contributed by atoms with van der Waals surface area (Å²) in [5, 5.41) is 13.3. The molecule has 53 heavy (non-hydrogen) atoms. The van der Waals surface area contributed by atoms with Crippen molar-refractivity contribution in [1.82, 2.24) is 25.2 Å². The molecule has 0 aromatic carbocycles. The van der Waals surface area contributed by atoms with Gasteiger partial charge in [0.1, 0.15) is 17.3 Å². The van der Waals surface area contributed by atoms with Crippen LogP contribution in [0.4, 0.5) is 29.2 Å². The smallest absolute Gasteiger partial charge is 0.330 e. The number of fused-ring (bicyclic) bond motifs is 2. The number of amides is 1. The molecule has 1 spiro atoms. The van der Waals surface area contributed by atoms with Crippen molar-refractivity contribution in [1.29, 1.82) is 0 Å². The van der Waals surface area contributed by atoms with Crippen LogP contribution in [-0.4, -0.2) is 80.1 Å². The Morgan fingerprint density at radius 3 is 2.19 bits per heavy atom. The number of nitrogens with one attached hydrogen (secondary N) is 1. The number of carbonyl (C=O) groups is 2. The number of rotatable bonds is 8. The quantitative estimate of drug-likeness (QED) is 0.276. The number of halogens is 4. The number of carboxylic acid groups (broad SMARTS) is 1. The Balaban J connectivity index is 0.976. The van der Waals surface area contributed by atoms with Crippen LogP contribution < -0.4 is 15.0 Å². The van der Waals surface area contributed by atoms with E-state index in [-0.39, 0.29) is 48.4 Å². The summed E-state index contributed by atoms with van der Waals surface area (Å²) in [7, 11) is 0. The lowest BCUT2D eigenvalue weighted by molar-refractivity contribution is -0.163. The number of pyridine rings is 1. The highest BCUT2D eigenvalue weighted by molar-refractivity contribution is 5.99. The number of aromatic nitrogens is 3. The number of anilines is 2. The Kier molecular flexibility index (Phi) is 8.29. The zero-order chi connectivity index (χ0) is 36.9. The van der Waals surface area contributed by atoms with E-state index < -0.39 is 40.5 Å². The molecule has 2 aromatic heterocycles. The van der Waals surface area contributed by atoms with Crippen molar-refractivity contribution in [2.75, 3.05) is 24.5 Å². The molecule has 8 aliphatic rings. The second-order valence-corrected chi connectivity index (χ2v) is 17.5. The van der Waals surface area contributed by atoms with E-state index in [1.165, 1.54) is 0 Å². The first-order valence-electron chi connectivity index (χ1n) is 19.6. The minimum atomic E-state index is -3.51. The van der Waals surface area contributed by atoms with Crippen molar-refractivity contribution < 1.29 is 37.0 Å². The van der Waals surface area contributed by atoms with Gasteiger partial charge in [-0.15, -0.1) is 0 Å². The molecule has 6 saturated carbocycles. The molecule has 2 aromatic rings. The van der Waals surface area contributed by atoms with Gasteiger partial charge in [-0.2, -0.15) is 8.78 Å². The highest BCUT2D eigenvalue weighted by Crippen LogP contribution is 2.59. The molecular weight excluding hydrogens is 692 g/mol. The highest BCUT2D eigenvalue weighted by atomic mass is 19.3. The monoisotopic (exact) mass is 740 g/mol. The second kappa shape index (κ2) is 12.5. The molecule has 7 fully saturated rings. The molecule has 6 aliphatic carbocycles. The van der Waals surface area contributed by atoms with Crippen LogP contribution in [0.2, 0.25) is 0 Å². The van der Waals surface area contributed by atoms with Crippen molar-refractivity contribution in [2.24, 2.45) is 23.7 Å². The lowest BCUT2D eigenvalue weighted by Gasteiger charge is -2.59. The lowest BCUT2D eigenvalue weighted by Crippen LogP contribution is -2.70. The van der Waals surface area contributed by atoms with E-state index in [0.717, 1.165) is 76.0 Å². The predicted molar refractivity (Wildman–Crippen MR) is 186 cm³/mol. The minimum Gasteiger partial charge on any atom is -0.479 e. The Morgan fingerprint density at radius 2 is 1.58 bits per heavy atom. The van der Waals surface area contributed by atoms with E-state index in [0.29, 0.717) is 62.6 Å². The maximum Gasteiger partial charge on any atom is 0.330 e. The van der Waals surface area contributed by atoms with Gasteiger partial charge in [0, 0.05) is 37.2 Å². The van der Waals surface area contributed by atoms with Gasteiger partial charge < -0.3 is 20.1 Å². The Labute approximate surface area is 306 Å². The zero-order valence-corrected chi connectivity index (χ0v) is 30.1. The molecule has 0 atom stereocenters. The van der Waals surface area contributed by atoms with Gasteiger partial charge in [-0.05, 0) is 99.9 Å². The van der Waals surface area contributed by atoms with Gasteiger partial charge in [-0.3, -0.25) is 9.69 Å². The highest BCUT2D eigenvalue weighted by Gasteiger charge is 2.62. The van der Waals surface area contributed by atoms with Crippen LogP contribution in [0, 0.1) is 23.7 Å². The number of hydrogen-bond acceptors (Lipinski definition) is 8. The molecule has 1 amide bonds. The van der Waals surface area contributed by atoms with Crippen molar-refractivity contribution in [3.05, 3.63) is 35.3 Å². The summed E-state index contributed by atoms with van der Waals surface area (Å²) in [6.07, 6.45) is 14.7. The summed E-state index contributed by atoms with van der Waals surface area (Å²) in [6.45, 7) is 0.827. The third-order valence-corrected chi connectivity index (χ3v) is 14.1. The van der Waals surface area contributed by atoms with Crippen LogP contribution in [0.5, 0.6) is 5.88 Å². The van der Waals surface area contributed by atoms with E-state index in [2.05, 4.69) is 20.3 Å². The van der Waals surface area contributed by atoms with Crippen molar-refractivity contribution in [2.45, 2.75) is 132 Å². The molecule has 0 radical (unpaired) electrons. The average molecular weight is 741 g/mol. The molecule has 2 N–H and O–H groups in total. The van der Waals surface area contributed by atoms with Crippen LogP contribution in [0.1, 0.15) is 118 Å². The van der Waals surface area contributed by atoms with Gasteiger partial charge in [0.25, 0.3) is 17.8 Å². The first kappa shape index (κ1) is 35.2. The van der Waals surface area contributed by atoms with E-state index in [1.807, 2.05) is 15.9 Å². The Hall–Kier alpha value is -3.55. The standard InChI is InChI=1S/C39H48F4N6O4/c1-36(40,41)32-28(33(50)47-39(34(51)52)24-12-22-11-23(14-24)15-25(39)13-22)17-45-35(46-32)49-19-37(9-3-2-4-10-37)29-16-31(44-18-30(29)49)53-27-7-5-26(6-8-27)48-20-38(42,43)21-48/h16-18,22-27H,2-15,19-21H2,1H3,(H,47,50)(H,51,52). The van der Waals surface area contributed by atoms with Gasteiger partial charge >= 0.3 is 5.97 Å². The van der Waals surface area contributed by atoms with Gasteiger partial charge in [-0.1, -0.05) is 19.3 Å². The van der Waals surface area contributed by atoms with Crippen molar-refractivity contribution in [3.63, 3.8) is 0 Å². The van der Waals surface area contributed by atoms with Crippen LogP contribution >= 0.6 is 0 Å². The molecule has 0 unspecified atom stereocenters. The first-order chi connectivity index (χ1) is 25.2. The molecule has 1 saturated heterocycles. The summed E-state index contributed by atoms with van der Waals surface area (Å²) >= 11 is 0. The summed E-state index contributed by atoms with van der Waals surface area (Å²) in [6, 6.07) is 2.12. The molecule has 14 heteroatoms. The number of alkyl halides is 4. The average Bonchev–Trinajstić information content (AvgIpc) is 3.40. The van der Waals surface area contributed by atoms with Crippen molar-refractivity contribution >= 4 is 23.5 Å². The number of carboxylic acids is 1. The van der Waals surface area contributed by atoms with E-state index in [1.54, 1.807) is 6.20 Å². The maximum atomic E-state index is 15.4. The topological polar surface area (TPSA) is 121 Å². The molecule has 4 bridgehead atoms. The number of hydrogen-bond donors (Lipinski definition) is 2. The first-order valence-corrected chi connectivity index (χ1v) is 19.6. The fraction of sp³-hybridized carbons (Fsp3) is 0.718. The van der Waals surface area contributed by atoms with Gasteiger partial charge in [-0.25, -0.2) is 28.5 Å². The number of likely N-dealkylation sites (tertiary alicyclic amines) is 1.